The highest BCUT2D eigenvalue weighted by molar-refractivity contribution is 6.07. The van der Waals surface area contributed by atoms with Crippen LogP contribution in [0.4, 0.5) is 5.69 Å². The highest BCUT2D eigenvalue weighted by Crippen LogP contribution is 2.32. The minimum atomic E-state index is -0.361. The highest BCUT2D eigenvalue weighted by Gasteiger charge is 2.13. The number of hydrogen-bond acceptors (Lipinski definition) is 4. The van der Waals surface area contributed by atoms with E-state index in [1.807, 2.05) is 6.07 Å². The van der Waals surface area contributed by atoms with Gasteiger partial charge in [0.1, 0.15) is 0 Å². The summed E-state index contributed by atoms with van der Waals surface area (Å²) in [6, 6.07) is 12.1. The second-order valence-electron chi connectivity index (χ2n) is 5.37. The van der Waals surface area contributed by atoms with Crippen LogP contribution < -0.4 is 20.1 Å². The van der Waals surface area contributed by atoms with Crippen molar-refractivity contribution < 1.29 is 19.1 Å². The van der Waals surface area contributed by atoms with E-state index in [2.05, 4.69) is 16.6 Å². The molecule has 0 saturated carbocycles. The SMILES string of the molecule is C#CCNC(=O)c1ccccc1NC(=O)/C=C/c1ccc2c(c1)OCO2. The zero-order valence-electron chi connectivity index (χ0n) is 13.8. The second kappa shape index (κ2) is 7.90. The predicted molar refractivity (Wildman–Crippen MR) is 97.8 cm³/mol. The van der Waals surface area contributed by atoms with E-state index in [-0.39, 0.29) is 25.2 Å². The van der Waals surface area contributed by atoms with Gasteiger partial charge in [-0.15, -0.1) is 6.42 Å². The Morgan fingerprint density at radius 3 is 2.81 bits per heavy atom. The van der Waals surface area contributed by atoms with E-state index in [0.29, 0.717) is 22.7 Å². The minimum Gasteiger partial charge on any atom is -0.454 e. The largest absolute Gasteiger partial charge is 0.454 e. The molecule has 0 saturated heterocycles. The Balaban J connectivity index is 1.68. The van der Waals surface area contributed by atoms with Crippen LogP contribution in [0.25, 0.3) is 6.08 Å². The number of terminal acetylenes is 1. The first-order chi connectivity index (χ1) is 12.7. The number of benzene rings is 2. The van der Waals surface area contributed by atoms with Crippen LogP contribution >= 0.6 is 0 Å². The van der Waals surface area contributed by atoms with Gasteiger partial charge < -0.3 is 20.1 Å². The fourth-order valence-electron chi connectivity index (χ4n) is 2.38. The van der Waals surface area contributed by atoms with Gasteiger partial charge in [0.2, 0.25) is 12.7 Å². The monoisotopic (exact) mass is 348 g/mol. The van der Waals surface area contributed by atoms with Gasteiger partial charge in [-0.3, -0.25) is 9.59 Å². The number of amides is 2. The molecule has 2 amide bonds. The van der Waals surface area contributed by atoms with E-state index in [4.69, 9.17) is 15.9 Å². The Labute approximate surface area is 150 Å². The molecule has 0 aromatic heterocycles. The van der Waals surface area contributed by atoms with Crippen molar-refractivity contribution in [2.24, 2.45) is 0 Å². The molecular weight excluding hydrogens is 332 g/mol. The van der Waals surface area contributed by atoms with Crippen molar-refractivity contribution in [3.8, 4) is 23.8 Å². The lowest BCUT2D eigenvalue weighted by Crippen LogP contribution is -2.25. The molecule has 0 radical (unpaired) electrons. The molecule has 6 nitrogen and oxygen atoms in total. The molecule has 0 bridgehead atoms. The molecule has 2 N–H and O–H groups in total. The van der Waals surface area contributed by atoms with Crippen LogP contribution in [-0.4, -0.2) is 25.2 Å². The highest BCUT2D eigenvalue weighted by atomic mass is 16.7. The average Bonchev–Trinajstić information content (AvgIpc) is 3.12. The first-order valence-electron chi connectivity index (χ1n) is 7.87. The Morgan fingerprint density at radius 2 is 1.96 bits per heavy atom. The van der Waals surface area contributed by atoms with E-state index in [9.17, 15) is 9.59 Å². The molecule has 0 spiro atoms. The van der Waals surface area contributed by atoms with Crippen LogP contribution in [0.2, 0.25) is 0 Å². The van der Waals surface area contributed by atoms with Gasteiger partial charge in [-0.1, -0.05) is 24.1 Å². The molecule has 0 unspecified atom stereocenters. The number of rotatable bonds is 5. The molecule has 1 aliphatic rings. The second-order valence-corrected chi connectivity index (χ2v) is 5.37. The third-order valence-electron chi connectivity index (χ3n) is 3.60. The Hall–Kier alpha value is -3.72. The minimum absolute atomic E-state index is 0.116. The zero-order chi connectivity index (χ0) is 18.4. The summed E-state index contributed by atoms with van der Waals surface area (Å²) in [5, 5.41) is 5.27. The predicted octanol–water partition coefficient (Wildman–Crippen LogP) is 2.43. The van der Waals surface area contributed by atoms with Gasteiger partial charge in [-0.25, -0.2) is 0 Å². The number of fused-ring (bicyclic) bond motifs is 1. The van der Waals surface area contributed by atoms with Gasteiger partial charge in [0.15, 0.2) is 11.5 Å². The maximum absolute atomic E-state index is 12.2. The average molecular weight is 348 g/mol. The molecule has 1 heterocycles. The van der Waals surface area contributed by atoms with Gasteiger partial charge in [0, 0.05) is 6.08 Å². The molecule has 2 aromatic rings. The zero-order valence-corrected chi connectivity index (χ0v) is 13.8. The fraction of sp³-hybridized carbons (Fsp3) is 0.100. The molecule has 0 aliphatic carbocycles. The van der Waals surface area contributed by atoms with E-state index >= 15 is 0 Å². The van der Waals surface area contributed by atoms with E-state index < -0.39 is 0 Å². The van der Waals surface area contributed by atoms with E-state index in [1.54, 1.807) is 42.5 Å². The van der Waals surface area contributed by atoms with Crippen LogP contribution in [0.3, 0.4) is 0 Å². The van der Waals surface area contributed by atoms with Gasteiger partial charge in [-0.2, -0.15) is 0 Å². The summed E-state index contributed by atoms with van der Waals surface area (Å²) in [6.07, 6.45) is 8.18. The number of para-hydroxylation sites is 1. The normalized spacial score (nSPS) is 11.8. The molecule has 0 atom stereocenters. The molecule has 26 heavy (non-hydrogen) atoms. The van der Waals surface area contributed by atoms with Crippen molar-refractivity contribution in [3.63, 3.8) is 0 Å². The molecule has 2 aromatic carbocycles. The lowest BCUT2D eigenvalue weighted by atomic mass is 10.1. The number of nitrogens with one attached hydrogen (secondary N) is 2. The van der Waals surface area contributed by atoms with Gasteiger partial charge >= 0.3 is 0 Å². The third-order valence-corrected chi connectivity index (χ3v) is 3.60. The van der Waals surface area contributed by atoms with Crippen molar-refractivity contribution in [1.29, 1.82) is 0 Å². The van der Waals surface area contributed by atoms with Gasteiger partial charge in [0.05, 0.1) is 17.8 Å². The van der Waals surface area contributed by atoms with E-state index in [1.165, 1.54) is 6.08 Å². The Kier molecular flexibility index (Phi) is 5.20. The maximum Gasteiger partial charge on any atom is 0.254 e. The molecule has 130 valence electrons. The maximum atomic E-state index is 12.2. The van der Waals surface area contributed by atoms with Gasteiger partial charge in [-0.05, 0) is 35.9 Å². The first kappa shape index (κ1) is 17.1. The third kappa shape index (κ3) is 4.02. The fourth-order valence-corrected chi connectivity index (χ4v) is 2.38. The summed E-state index contributed by atoms with van der Waals surface area (Å²) >= 11 is 0. The lowest BCUT2D eigenvalue weighted by molar-refractivity contribution is -0.111. The summed E-state index contributed by atoms with van der Waals surface area (Å²) in [4.78, 5) is 24.3. The molecular formula is C20H16N2O4. The topological polar surface area (TPSA) is 76.7 Å². The smallest absolute Gasteiger partial charge is 0.254 e. The van der Waals surface area contributed by atoms with Crippen LogP contribution in [0.15, 0.2) is 48.5 Å². The standard InChI is InChI=1S/C20H16N2O4/c1-2-11-21-20(24)15-5-3-4-6-16(15)22-19(23)10-8-14-7-9-17-18(12-14)26-13-25-17/h1,3-10,12H,11,13H2,(H,21,24)(H,22,23)/b10-8+. The Morgan fingerprint density at radius 1 is 1.15 bits per heavy atom. The van der Waals surface area contributed by atoms with Crippen LogP contribution in [0.5, 0.6) is 11.5 Å². The number of hydrogen-bond donors (Lipinski definition) is 2. The summed E-state index contributed by atoms with van der Waals surface area (Å²) in [6.45, 7) is 0.312. The van der Waals surface area contributed by atoms with Crippen molar-refractivity contribution in [3.05, 3.63) is 59.7 Å². The number of carbonyl (C=O) groups is 2. The summed E-state index contributed by atoms with van der Waals surface area (Å²) in [5.41, 5.74) is 1.54. The van der Waals surface area contributed by atoms with Crippen LogP contribution in [0, 0.1) is 12.3 Å². The molecule has 0 fully saturated rings. The van der Waals surface area contributed by atoms with Gasteiger partial charge in [0.25, 0.3) is 5.91 Å². The first-order valence-corrected chi connectivity index (χ1v) is 7.87. The summed E-state index contributed by atoms with van der Waals surface area (Å²) in [7, 11) is 0. The number of ether oxygens (including phenoxy) is 2. The quantitative estimate of drug-likeness (QED) is 0.643. The molecule has 1 aliphatic heterocycles. The van der Waals surface area contributed by atoms with Crippen LogP contribution in [0.1, 0.15) is 15.9 Å². The van der Waals surface area contributed by atoms with Crippen molar-refractivity contribution in [2.75, 3.05) is 18.7 Å². The number of anilines is 1. The lowest BCUT2D eigenvalue weighted by Gasteiger charge is -2.09. The molecule has 3 rings (SSSR count). The van der Waals surface area contributed by atoms with E-state index in [0.717, 1.165) is 5.56 Å². The summed E-state index contributed by atoms with van der Waals surface area (Å²) < 4.78 is 10.5. The van der Waals surface area contributed by atoms with Crippen molar-refractivity contribution in [2.45, 2.75) is 0 Å². The van der Waals surface area contributed by atoms with Crippen LogP contribution in [-0.2, 0) is 4.79 Å². The van der Waals surface area contributed by atoms with Crippen molar-refractivity contribution >= 4 is 23.6 Å². The Bertz CT molecular complexity index is 912. The summed E-state index contributed by atoms with van der Waals surface area (Å²) in [5.74, 6) is 2.95. The molecule has 6 heteroatoms. The van der Waals surface area contributed by atoms with Crippen molar-refractivity contribution in [1.82, 2.24) is 5.32 Å². The number of carbonyl (C=O) groups excluding carboxylic acids is 2.